The number of hydrogen-bond acceptors (Lipinski definition) is 4. The smallest absolute Gasteiger partial charge is 0.0900 e. The van der Waals surface area contributed by atoms with Crippen molar-refractivity contribution in [2.45, 2.75) is 51.9 Å². The second-order valence-electron chi connectivity index (χ2n) is 5.82. The van der Waals surface area contributed by atoms with Gasteiger partial charge in [-0.2, -0.15) is 0 Å². The number of rotatable bonds is 4. The molecule has 1 heterocycles. The van der Waals surface area contributed by atoms with Gasteiger partial charge in [-0.05, 0) is 34.1 Å². The second-order valence-corrected chi connectivity index (χ2v) is 5.82. The maximum absolute atomic E-state index is 9.97. The minimum atomic E-state index is -0.422. The SMILES string of the molecule is CC1CCOCCN1CC(O)COC(C)(C)C. The Balaban J connectivity index is 2.30. The summed E-state index contributed by atoms with van der Waals surface area (Å²) in [6, 6.07) is 0.474. The molecule has 4 heteroatoms. The molecule has 1 saturated heterocycles. The van der Waals surface area contributed by atoms with Crippen molar-refractivity contribution in [1.82, 2.24) is 4.90 Å². The summed E-state index contributed by atoms with van der Waals surface area (Å²) in [4.78, 5) is 2.28. The van der Waals surface area contributed by atoms with Crippen LogP contribution in [0.15, 0.2) is 0 Å². The third-order valence-electron chi connectivity index (χ3n) is 2.98. The van der Waals surface area contributed by atoms with Crippen LogP contribution in [0.1, 0.15) is 34.1 Å². The fraction of sp³-hybridized carbons (Fsp3) is 1.00. The first-order chi connectivity index (χ1) is 7.88. The van der Waals surface area contributed by atoms with E-state index >= 15 is 0 Å². The van der Waals surface area contributed by atoms with Gasteiger partial charge >= 0.3 is 0 Å². The Bertz CT molecular complexity index is 215. The van der Waals surface area contributed by atoms with Crippen LogP contribution in [0.25, 0.3) is 0 Å². The highest BCUT2D eigenvalue weighted by Crippen LogP contribution is 2.11. The molecule has 0 aromatic carbocycles. The maximum Gasteiger partial charge on any atom is 0.0900 e. The number of aliphatic hydroxyl groups excluding tert-OH is 1. The molecule has 0 saturated carbocycles. The normalized spacial score (nSPS) is 25.6. The predicted octanol–water partition coefficient (Wildman–Crippen LogP) is 1.27. The molecule has 17 heavy (non-hydrogen) atoms. The summed E-state index contributed by atoms with van der Waals surface area (Å²) in [6.07, 6.45) is 0.613. The van der Waals surface area contributed by atoms with Crippen molar-refractivity contribution in [3.8, 4) is 0 Å². The summed E-state index contributed by atoms with van der Waals surface area (Å²) in [7, 11) is 0. The van der Waals surface area contributed by atoms with Gasteiger partial charge in [-0.3, -0.25) is 4.90 Å². The van der Waals surface area contributed by atoms with E-state index in [0.29, 0.717) is 19.2 Å². The lowest BCUT2D eigenvalue weighted by atomic mass is 10.2. The Morgan fingerprint density at radius 1 is 1.41 bits per heavy atom. The largest absolute Gasteiger partial charge is 0.389 e. The van der Waals surface area contributed by atoms with E-state index < -0.39 is 6.10 Å². The molecule has 1 aliphatic heterocycles. The molecular weight excluding hydrogens is 218 g/mol. The molecular formula is C13H27NO3. The van der Waals surface area contributed by atoms with E-state index in [1.807, 2.05) is 20.8 Å². The van der Waals surface area contributed by atoms with Crippen LogP contribution < -0.4 is 0 Å². The molecule has 0 amide bonds. The lowest BCUT2D eigenvalue weighted by Crippen LogP contribution is -2.42. The summed E-state index contributed by atoms with van der Waals surface area (Å²) in [6.45, 7) is 11.7. The molecule has 1 aliphatic rings. The lowest BCUT2D eigenvalue weighted by Gasteiger charge is -2.29. The Morgan fingerprint density at radius 3 is 2.76 bits per heavy atom. The first-order valence-electron chi connectivity index (χ1n) is 6.52. The highest BCUT2D eigenvalue weighted by Gasteiger charge is 2.21. The zero-order chi connectivity index (χ0) is 12.9. The minimum Gasteiger partial charge on any atom is -0.389 e. The number of β-amino-alcohol motifs (C(OH)–C–C–N with tert-alkyl or cyclic N) is 1. The van der Waals surface area contributed by atoms with Crippen molar-refractivity contribution in [2.24, 2.45) is 0 Å². The Labute approximate surface area is 105 Å². The summed E-state index contributed by atoms with van der Waals surface area (Å²) in [5.74, 6) is 0. The van der Waals surface area contributed by atoms with Gasteiger partial charge in [0.1, 0.15) is 0 Å². The fourth-order valence-corrected chi connectivity index (χ4v) is 1.88. The van der Waals surface area contributed by atoms with Gasteiger partial charge < -0.3 is 14.6 Å². The van der Waals surface area contributed by atoms with Crippen LogP contribution in [0.3, 0.4) is 0 Å². The van der Waals surface area contributed by atoms with E-state index in [2.05, 4.69) is 11.8 Å². The van der Waals surface area contributed by atoms with E-state index in [9.17, 15) is 5.11 Å². The second kappa shape index (κ2) is 6.69. The van der Waals surface area contributed by atoms with Crippen LogP contribution in [-0.4, -0.2) is 60.7 Å². The molecule has 0 radical (unpaired) electrons. The minimum absolute atomic E-state index is 0.186. The van der Waals surface area contributed by atoms with Crippen LogP contribution in [-0.2, 0) is 9.47 Å². The van der Waals surface area contributed by atoms with E-state index in [1.165, 1.54) is 0 Å². The third-order valence-corrected chi connectivity index (χ3v) is 2.98. The lowest BCUT2D eigenvalue weighted by molar-refractivity contribution is -0.0583. The van der Waals surface area contributed by atoms with E-state index in [0.717, 1.165) is 26.2 Å². The summed E-state index contributed by atoms with van der Waals surface area (Å²) >= 11 is 0. The molecule has 2 unspecified atom stereocenters. The van der Waals surface area contributed by atoms with Crippen molar-refractivity contribution < 1.29 is 14.6 Å². The first-order valence-corrected chi connectivity index (χ1v) is 6.52. The average Bonchev–Trinajstić information content (AvgIpc) is 2.41. The average molecular weight is 245 g/mol. The van der Waals surface area contributed by atoms with Gasteiger partial charge in [0.25, 0.3) is 0 Å². The van der Waals surface area contributed by atoms with Crippen LogP contribution >= 0.6 is 0 Å². The molecule has 1 N–H and O–H groups in total. The molecule has 0 aliphatic carbocycles. The first kappa shape index (κ1) is 14.9. The van der Waals surface area contributed by atoms with Crippen molar-refractivity contribution >= 4 is 0 Å². The molecule has 0 aromatic rings. The van der Waals surface area contributed by atoms with Crippen molar-refractivity contribution in [1.29, 1.82) is 0 Å². The Kier molecular flexibility index (Phi) is 5.86. The maximum atomic E-state index is 9.97. The number of aliphatic hydroxyl groups is 1. The van der Waals surface area contributed by atoms with Gasteiger partial charge in [-0.25, -0.2) is 0 Å². The molecule has 2 atom stereocenters. The van der Waals surface area contributed by atoms with Crippen LogP contribution in [0.2, 0.25) is 0 Å². The van der Waals surface area contributed by atoms with Gasteiger partial charge in [0.15, 0.2) is 0 Å². The van der Waals surface area contributed by atoms with Crippen molar-refractivity contribution in [2.75, 3.05) is 32.9 Å². The van der Waals surface area contributed by atoms with Gasteiger partial charge in [0.05, 0.1) is 24.9 Å². The molecule has 0 aromatic heterocycles. The number of hydrogen-bond donors (Lipinski definition) is 1. The quantitative estimate of drug-likeness (QED) is 0.810. The van der Waals surface area contributed by atoms with E-state index in [4.69, 9.17) is 9.47 Å². The third kappa shape index (κ3) is 6.36. The number of nitrogens with zero attached hydrogens (tertiary/aromatic N) is 1. The monoisotopic (exact) mass is 245 g/mol. The Morgan fingerprint density at radius 2 is 2.12 bits per heavy atom. The molecule has 0 spiro atoms. The van der Waals surface area contributed by atoms with Gasteiger partial charge in [0.2, 0.25) is 0 Å². The van der Waals surface area contributed by atoms with Crippen molar-refractivity contribution in [3.63, 3.8) is 0 Å². The zero-order valence-electron chi connectivity index (χ0n) is 11.6. The number of ether oxygens (including phenoxy) is 2. The summed E-state index contributed by atoms with van der Waals surface area (Å²) < 4.78 is 11.0. The highest BCUT2D eigenvalue weighted by atomic mass is 16.5. The molecule has 102 valence electrons. The van der Waals surface area contributed by atoms with Gasteiger partial charge in [-0.1, -0.05) is 0 Å². The topological polar surface area (TPSA) is 41.9 Å². The summed E-state index contributed by atoms with van der Waals surface area (Å²) in [5, 5.41) is 9.97. The predicted molar refractivity (Wildman–Crippen MR) is 68.2 cm³/mol. The highest BCUT2D eigenvalue weighted by molar-refractivity contribution is 4.73. The summed E-state index contributed by atoms with van der Waals surface area (Å²) in [5.41, 5.74) is -0.186. The van der Waals surface area contributed by atoms with Crippen LogP contribution in [0.4, 0.5) is 0 Å². The fourth-order valence-electron chi connectivity index (χ4n) is 1.88. The molecule has 1 rings (SSSR count). The molecule has 0 bridgehead atoms. The van der Waals surface area contributed by atoms with E-state index in [-0.39, 0.29) is 5.60 Å². The molecule has 4 nitrogen and oxygen atoms in total. The van der Waals surface area contributed by atoms with Gasteiger partial charge in [-0.15, -0.1) is 0 Å². The van der Waals surface area contributed by atoms with E-state index in [1.54, 1.807) is 0 Å². The van der Waals surface area contributed by atoms with Gasteiger partial charge in [0, 0.05) is 25.7 Å². The standard InChI is InChI=1S/C13H27NO3/c1-11-5-7-16-8-6-14(11)9-12(15)10-17-13(2,3)4/h11-12,15H,5-10H2,1-4H3. The molecule has 1 fully saturated rings. The van der Waals surface area contributed by atoms with Crippen molar-refractivity contribution in [3.05, 3.63) is 0 Å². The Hall–Kier alpha value is -0.160. The zero-order valence-corrected chi connectivity index (χ0v) is 11.6. The van der Waals surface area contributed by atoms with Crippen LogP contribution in [0.5, 0.6) is 0 Å². The van der Waals surface area contributed by atoms with Crippen LogP contribution in [0, 0.1) is 0 Å².